The quantitative estimate of drug-likeness (QED) is 0.448. The molecule has 1 saturated heterocycles. The van der Waals surface area contributed by atoms with E-state index in [2.05, 4.69) is 16.8 Å². The van der Waals surface area contributed by atoms with Gasteiger partial charge in [-0.2, -0.15) is 21.8 Å². The first-order valence-corrected chi connectivity index (χ1v) is 12.4. The molecule has 0 amide bonds. The highest BCUT2D eigenvalue weighted by Crippen LogP contribution is 2.43. The summed E-state index contributed by atoms with van der Waals surface area (Å²) in [6.45, 7) is 5.19. The van der Waals surface area contributed by atoms with E-state index in [1.54, 1.807) is 20.8 Å². The summed E-state index contributed by atoms with van der Waals surface area (Å²) < 4.78 is 77.2. The molecule has 0 aliphatic carbocycles. The number of rotatable bonds is 5. The highest BCUT2D eigenvalue weighted by Gasteiger charge is 2.41. The third-order valence-electron chi connectivity index (χ3n) is 5.12. The van der Waals surface area contributed by atoms with Crippen LogP contribution in [0.15, 0.2) is 45.7 Å². The maximum Gasteiger partial charge on any atom is 0.417 e. The summed E-state index contributed by atoms with van der Waals surface area (Å²) in [7, 11) is -4.10. The van der Waals surface area contributed by atoms with Crippen LogP contribution in [0.3, 0.4) is 0 Å². The Kier molecular flexibility index (Phi) is 7.43. The molecule has 1 fully saturated rings. The third kappa shape index (κ3) is 5.59. The van der Waals surface area contributed by atoms with Gasteiger partial charge in [0.15, 0.2) is 0 Å². The Morgan fingerprint density at radius 1 is 1.18 bits per heavy atom. The maximum atomic E-state index is 13.7. The number of ether oxygens (including phenoxy) is 1. The average molecular weight is 535 g/mol. The van der Waals surface area contributed by atoms with Crippen LogP contribution in [0, 0.1) is 0 Å². The Balaban J connectivity index is 1.97. The predicted molar refractivity (Wildman–Crippen MR) is 124 cm³/mol. The second kappa shape index (κ2) is 9.52. The van der Waals surface area contributed by atoms with Crippen molar-refractivity contribution >= 4 is 45.7 Å². The van der Waals surface area contributed by atoms with E-state index in [1.165, 1.54) is 30.3 Å². The zero-order chi connectivity index (χ0) is 25.5. The van der Waals surface area contributed by atoms with Crippen molar-refractivity contribution in [2.24, 2.45) is 4.36 Å². The topological polar surface area (TPSA) is 76.0 Å². The van der Waals surface area contributed by atoms with Crippen molar-refractivity contribution in [1.82, 2.24) is 4.31 Å². The molecule has 2 aromatic rings. The molecule has 1 heterocycles. The number of hydrogen-bond donors (Lipinski definition) is 0. The van der Waals surface area contributed by atoms with E-state index in [1.807, 2.05) is 0 Å². The zero-order valence-electron chi connectivity index (χ0n) is 18.5. The van der Waals surface area contributed by atoms with Crippen molar-refractivity contribution in [1.29, 1.82) is 0 Å². The van der Waals surface area contributed by atoms with Crippen molar-refractivity contribution < 1.29 is 31.1 Å². The zero-order valence-corrected chi connectivity index (χ0v) is 20.9. The molecule has 12 heteroatoms. The molecule has 0 N–H and O–H groups in total. The van der Waals surface area contributed by atoms with E-state index < -0.39 is 39.4 Å². The Hall–Kier alpha value is -2.08. The summed E-state index contributed by atoms with van der Waals surface area (Å²) in [4.78, 5) is 12.4. The minimum absolute atomic E-state index is 0.0670. The fourth-order valence-corrected chi connectivity index (χ4v) is 5.80. The van der Waals surface area contributed by atoms with Gasteiger partial charge in [-0.25, -0.2) is 8.42 Å². The fourth-order valence-electron chi connectivity index (χ4n) is 3.72. The summed E-state index contributed by atoms with van der Waals surface area (Å²) in [5, 5.41) is -0.224. The number of sulfonamides is 1. The van der Waals surface area contributed by atoms with E-state index in [-0.39, 0.29) is 33.3 Å². The predicted octanol–water partition coefficient (Wildman–Crippen LogP) is 5.88. The maximum absolute atomic E-state index is 13.7. The molecule has 34 heavy (non-hydrogen) atoms. The number of alkyl halides is 3. The lowest BCUT2D eigenvalue weighted by Crippen LogP contribution is -2.43. The lowest BCUT2D eigenvalue weighted by molar-refractivity contribution is -0.158. The largest absolute Gasteiger partial charge is 0.459 e. The van der Waals surface area contributed by atoms with Crippen LogP contribution in [-0.2, 0) is 38.2 Å². The van der Waals surface area contributed by atoms with Crippen LogP contribution in [-0.4, -0.2) is 36.9 Å². The number of nitrogens with zero attached hydrogens (tertiary/aromatic N) is 2. The number of halogens is 4. The van der Waals surface area contributed by atoms with Crippen molar-refractivity contribution in [3.8, 4) is 11.1 Å². The van der Waals surface area contributed by atoms with Gasteiger partial charge >= 0.3 is 12.1 Å². The van der Waals surface area contributed by atoms with Crippen molar-refractivity contribution in [2.75, 3.05) is 6.54 Å². The van der Waals surface area contributed by atoms with Gasteiger partial charge in [0.05, 0.1) is 21.2 Å². The Morgan fingerprint density at radius 3 is 2.32 bits per heavy atom. The summed E-state index contributed by atoms with van der Waals surface area (Å²) in [5.74, 6) is -0.640. The fraction of sp³-hybridized carbons (Fsp3) is 0.409. The van der Waals surface area contributed by atoms with Crippen LogP contribution in [0.2, 0.25) is 5.02 Å². The molecule has 1 aliphatic rings. The Labute approximate surface area is 206 Å². The molecule has 1 atom stereocenters. The first kappa shape index (κ1) is 26.5. The van der Waals surface area contributed by atoms with Gasteiger partial charge < -0.3 is 4.74 Å². The van der Waals surface area contributed by atoms with Gasteiger partial charge in [-0.1, -0.05) is 23.7 Å². The molecular formula is C22H22ClF3N2O4S2. The van der Waals surface area contributed by atoms with Crippen LogP contribution in [0.4, 0.5) is 18.9 Å². The molecular weight excluding hydrogens is 513 g/mol. The first-order valence-electron chi connectivity index (χ1n) is 10.2. The molecule has 0 radical (unpaired) electrons. The summed E-state index contributed by atoms with van der Waals surface area (Å²) >= 11 is 10.6. The Morgan fingerprint density at radius 2 is 1.79 bits per heavy atom. The van der Waals surface area contributed by atoms with Gasteiger partial charge in [0.25, 0.3) is 0 Å². The summed E-state index contributed by atoms with van der Waals surface area (Å²) in [6, 6.07) is 5.89. The molecule has 0 bridgehead atoms. The van der Waals surface area contributed by atoms with Crippen molar-refractivity contribution in [2.45, 2.75) is 56.3 Å². The molecule has 2 aromatic carbocycles. The minimum atomic E-state index is -4.74. The number of benzene rings is 2. The van der Waals surface area contributed by atoms with Gasteiger partial charge in [0.2, 0.25) is 10.0 Å². The number of carbonyl (C=O) groups excluding carboxylic acids is 1. The minimum Gasteiger partial charge on any atom is -0.459 e. The highest BCUT2D eigenvalue weighted by molar-refractivity contribution is 7.89. The van der Waals surface area contributed by atoms with Crippen molar-refractivity contribution in [3.63, 3.8) is 0 Å². The van der Waals surface area contributed by atoms with Crippen LogP contribution < -0.4 is 0 Å². The van der Waals surface area contributed by atoms with Crippen LogP contribution in [0.5, 0.6) is 0 Å². The average Bonchev–Trinajstić information content (AvgIpc) is 3.22. The monoisotopic (exact) mass is 534 g/mol. The van der Waals surface area contributed by atoms with E-state index in [0.717, 1.165) is 10.4 Å². The smallest absolute Gasteiger partial charge is 0.417 e. The first-order chi connectivity index (χ1) is 15.6. The SMILES string of the molecule is CC(C)(C)OC(=O)[C@@H]1CCCN1S(=O)(=O)c1ccc(-c2c(Cl)cc(N=S)cc2C(F)(F)F)cc1. The second-order valence-corrected chi connectivity index (χ2v) is 11.3. The highest BCUT2D eigenvalue weighted by atomic mass is 35.5. The molecule has 0 aromatic heterocycles. The molecule has 6 nitrogen and oxygen atoms in total. The molecule has 1 aliphatic heterocycles. The molecule has 3 rings (SSSR count). The van der Waals surface area contributed by atoms with E-state index in [9.17, 15) is 26.4 Å². The second-order valence-electron chi connectivity index (χ2n) is 8.77. The summed E-state index contributed by atoms with van der Waals surface area (Å²) in [6.07, 6.45) is -3.95. The molecule has 0 saturated carbocycles. The van der Waals surface area contributed by atoms with Gasteiger partial charge in [-0.15, -0.1) is 0 Å². The number of hydrogen-bond acceptors (Lipinski definition) is 6. The van der Waals surface area contributed by atoms with E-state index in [4.69, 9.17) is 16.3 Å². The number of carbonyl (C=O) groups is 1. The standard InChI is InChI=1S/C22H22ClF3N2O4S2/c1-21(2,3)32-20(29)18-5-4-10-28(18)34(30,31)15-8-6-13(7-9-15)19-16(22(24,25)26)11-14(27-33)12-17(19)23/h6-9,11-12,18H,4-5,10H2,1-3H3/t18-/m0/s1. The molecule has 0 unspecified atom stereocenters. The molecule has 184 valence electrons. The number of esters is 1. The van der Waals surface area contributed by atoms with Gasteiger partial charge in [0, 0.05) is 24.5 Å². The lowest BCUT2D eigenvalue weighted by atomic mass is 9.98. The third-order valence-corrected chi connectivity index (χ3v) is 7.55. The van der Waals surface area contributed by atoms with Crippen LogP contribution >= 0.6 is 11.6 Å². The van der Waals surface area contributed by atoms with Crippen LogP contribution in [0.1, 0.15) is 39.2 Å². The van der Waals surface area contributed by atoms with Gasteiger partial charge in [-0.3, -0.25) is 4.79 Å². The van der Waals surface area contributed by atoms with Crippen LogP contribution in [0.25, 0.3) is 11.1 Å². The van der Waals surface area contributed by atoms with E-state index >= 15 is 0 Å². The van der Waals surface area contributed by atoms with Gasteiger partial charge in [0.1, 0.15) is 11.6 Å². The van der Waals surface area contributed by atoms with E-state index in [0.29, 0.717) is 12.8 Å². The molecule has 0 spiro atoms. The Bertz CT molecular complexity index is 1210. The van der Waals surface area contributed by atoms with Crippen molar-refractivity contribution in [3.05, 3.63) is 47.0 Å². The normalized spacial score (nSPS) is 17.6. The van der Waals surface area contributed by atoms with Gasteiger partial charge in [-0.05, 0) is 63.4 Å². The lowest BCUT2D eigenvalue weighted by Gasteiger charge is -2.27. The summed E-state index contributed by atoms with van der Waals surface area (Å²) in [5.41, 5.74) is -2.17.